The third-order valence-corrected chi connectivity index (χ3v) is 7.04. The lowest BCUT2D eigenvalue weighted by Gasteiger charge is -2.19. The Morgan fingerprint density at radius 3 is 2.51 bits per heavy atom. The van der Waals surface area contributed by atoms with Gasteiger partial charge >= 0.3 is 5.76 Å². The number of oxazole rings is 1. The quantitative estimate of drug-likeness (QED) is 0.368. The molecule has 0 aliphatic rings. The van der Waals surface area contributed by atoms with Gasteiger partial charge in [-0.2, -0.15) is 4.72 Å². The molecule has 1 aromatic heterocycles. The van der Waals surface area contributed by atoms with Crippen molar-refractivity contribution in [2.24, 2.45) is 7.05 Å². The first-order chi connectivity index (χ1) is 16.8. The Kier molecular flexibility index (Phi) is 7.04. The van der Waals surface area contributed by atoms with Crippen molar-refractivity contribution in [3.05, 3.63) is 94.5 Å². The molecule has 2 N–H and O–H groups in total. The van der Waals surface area contributed by atoms with Gasteiger partial charge in [0.05, 0.1) is 17.5 Å². The van der Waals surface area contributed by atoms with Crippen molar-refractivity contribution in [1.29, 1.82) is 0 Å². The van der Waals surface area contributed by atoms with Gasteiger partial charge < -0.3 is 14.5 Å². The Labute approximate surface area is 202 Å². The number of nitrogens with zero attached hydrogens (tertiary/aromatic N) is 1. The lowest BCUT2D eigenvalue weighted by molar-refractivity contribution is -0.122. The van der Waals surface area contributed by atoms with Crippen LogP contribution in [0.25, 0.3) is 11.1 Å². The number of amides is 1. The molecule has 4 aromatic rings. The van der Waals surface area contributed by atoms with Crippen LogP contribution in [0.15, 0.2) is 86.9 Å². The van der Waals surface area contributed by atoms with E-state index in [9.17, 15) is 18.0 Å². The zero-order chi connectivity index (χ0) is 25.0. The van der Waals surface area contributed by atoms with Gasteiger partial charge in [-0.15, -0.1) is 0 Å². The van der Waals surface area contributed by atoms with E-state index in [0.717, 1.165) is 11.1 Å². The molecule has 3 aromatic carbocycles. The van der Waals surface area contributed by atoms with Gasteiger partial charge in [0.1, 0.15) is 11.8 Å². The third kappa shape index (κ3) is 5.61. The summed E-state index contributed by atoms with van der Waals surface area (Å²) in [6, 6.07) is 19.4. The highest BCUT2D eigenvalue weighted by atomic mass is 32.2. The molecular formula is C25H25N3O6S. The fraction of sp³-hybridized carbons (Fsp3) is 0.200. The van der Waals surface area contributed by atoms with Crippen molar-refractivity contribution in [2.75, 3.05) is 7.11 Å². The number of hydrogen-bond donors (Lipinski definition) is 2. The average molecular weight is 496 g/mol. The molecule has 1 heterocycles. The molecule has 1 amide bonds. The molecule has 0 bridgehead atoms. The normalized spacial score (nSPS) is 12.4. The fourth-order valence-electron chi connectivity index (χ4n) is 3.67. The Morgan fingerprint density at radius 1 is 1.03 bits per heavy atom. The molecule has 4 rings (SSSR count). The highest BCUT2D eigenvalue weighted by Crippen LogP contribution is 2.19. The molecule has 182 valence electrons. The number of methoxy groups -OCH3 is 1. The minimum Gasteiger partial charge on any atom is -0.497 e. The molecule has 1 atom stereocenters. The second-order valence-electron chi connectivity index (χ2n) is 7.99. The summed E-state index contributed by atoms with van der Waals surface area (Å²) >= 11 is 0. The lowest BCUT2D eigenvalue weighted by Crippen LogP contribution is -2.47. The van der Waals surface area contributed by atoms with E-state index in [0.29, 0.717) is 11.3 Å². The van der Waals surface area contributed by atoms with Gasteiger partial charge in [0.25, 0.3) is 0 Å². The van der Waals surface area contributed by atoms with Crippen LogP contribution in [0.2, 0.25) is 0 Å². The molecule has 0 saturated carbocycles. The number of sulfonamides is 1. The van der Waals surface area contributed by atoms with Crippen molar-refractivity contribution in [3.63, 3.8) is 0 Å². The van der Waals surface area contributed by atoms with E-state index in [4.69, 9.17) is 9.15 Å². The topological polar surface area (TPSA) is 120 Å². The molecule has 0 aliphatic carbocycles. The average Bonchev–Trinajstić information content (AvgIpc) is 3.15. The minimum atomic E-state index is -4.12. The van der Waals surface area contributed by atoms with Crippen LogP contribution >= 0.6 is 0 Å². The first-order valence-electron chi connectivity index (χ1n) is 10.8. The number of nitrogens with one attached hydrogen (secondary N) is 2. The summed E-state index contributed by atoms with van der Waals surface area (Å²) in [6.45, 7) is 0.199. The number of aromatic nitrogens is 1. The second-order valence-corrected chi connectivity index (χ2v) is 9.70. The van der Waals surface area contributed by atoms with Crippen molar-refractivity contribution in [2.45, 2.75) is 23.9 Å². The summed E-state index contributed by atoms with van der Waals surface area (Å²) in [5.74, 6) is -0.421. The van der Waals surface area contributed by atoms with E-state index in [1.807, 2.05) is 42.5 Å². The Morgan fingerprint density at radius 2 is 1.77 bits per heavy atom. The number of rotatable bonds is 9. The smallest absolute Gasteiger partial charge is 0.419 e. The van der Waals surface area contributed by atoms with Crippen LogP contribution < -0.4 is 20.5 Å². The monoisotopic (exact) mass is 495 g/mol. The van der Waals surface area contributed by atoms with Crippen LogP contribution in [0.1, 0.15) is 11.1 Å². The Bertz CT molecular complexity index is 1510. The summed E-state index contributed by atoms with van der Waals surface area (Å²) in [4.78, 5) is 24.8. The van der Waals surface area contributed by atoms with E-state index in [2.05, 4.69) is 10.0 Å². The Balaban J connectivity index is 1.57. The fourth-order valence-corrected chi connectivity index (χ4v) is 4.88. The molecule has 0 saturated heterocycles. The lowest BCUT2D eigenvalue weighted by atomic mass is 10.1. The number of carbonyl (C=O) groups excluding carboxylic acids is 1. The van der Waals surface area contributed by atoms with E-state index in [1.165, 1.54) is 29.8 Å². The Hall–Kier alpha value is -3.89. The van der Waals surface area contributed by atoms with E-state index in [-0.39, 0.29) is 23.4 Å². The molecule has 0 aliphatic heterocycles. The minimum absolute atomic E-state index is 0.113. The summed E-state index contributed by atoms with van der Waals surface area (Å²) in [5, 5.41) is 2.80. The molecule has 0 spiro atoms. The number of fused-ring (bicyclic) bond motifs is 1. The molecule has 0 unspecified atom stereocenters. The standard InChI is InChI=1S/C25H25N3O6S/c1-28-22-12-11-20(15-23(22)34-25(28)30)35(31,32)27-21(14-17-7-4-3-5-8-17)24(29)26-16-18-9-6-10-19(13-18)33-2/h3-13,15,21,27H,14,16H2,1-2H3,(H,26,29)/t21-/m1/s1. The van der Waals surface area contributed by atoms with Crippen LogP contribution in [0.3, 0.4) is 0 Å². The third-order valence-electron chi connectivity index (χ3n) is 5.57. The van der Waals surface area contributed by atoms with Crippen molar-refractivity contribution < 1.29 is 22.4 Å². The summed E-state index contributed by atoms with van der Waals surface area (Å²) in [5.41, 5.74) is 2.21. The summed E-state index contributed by atoms with van der Waals surface area (Å²) in [7, 11) is -1.03. The number of carbonyl (C=O) groups is 1. The second kappa shape index (κ2) is 10.2. The van der Waals surface area contributed by atoms with Crippen molar-refractivity contribution in [1.82, 2.24) is 14.6 Å². The largest absolute Gasteiger partial charge is 0.497 e. The van der Waals surface area contributed by atoms with Crippen molar-refractivity contribution in [3.8, 4) is 5.75 Å². The van der Waals surface area contributed by atoms with E-state index >= 15 is 0 Å². The summed E-state index contributed by atoms with van der Waals surface area (Å²) < 4.78 is 40.5. The van der Waals surface area contributed by atoms with E-state index in [1.54, 1.807) is 19.2 Å². The van der Waals surface area contributed by atoms with Gasteiger partial charge in [-0.1, -0.05) is 42.5 Å². The first-order valence-corrected chi connectivity index (χ1v) is 12.3. The van der Waals surface area contributed by atoms with Gasteiger partial charge in [-0.05, 0) is 41.8 Å². The van der Waals surface area contributed by atoms with Crippen LogP contribution in [0, 0.1) is 0 Å². The van der Waals surface area contributed by atoms with Crippen LogP contribution in [0.4, 0.5) is 0 Å². The number of benzene rings is 3. The SMILES string of the molecule is COc1cccc(CNC(=O)[C@@H](Cc2ccccc2)NS(=O)(=O)c2ccc3c(c2)oc(=O)n3C)c1. The van der Waals surface area contributed by atoms with Gasteiger partial charge in [0.2, 0.25) is 15.9 Å². The molecule has 0 radical (unpaired) electrons. The zero-order valence-electron chi connectivity index (χ0n) is 19.2. The molecule has 0 fully saturated rings. The predicted octanol–water partition coefficient (Wildman–Crippen LogP) is 2.35. The van der Waals surface area contributed by atoms with Crippen LogP contribution in [0.5, 0.6) is 5.75 Å². The van der Waals surface area contributed by atoms with Gasteiger partial charge in [0, 0.05) is 19.7 Å². The zero-order valence-corrected chi connectivity index (χ0v) is 20.0. The van der Waals surface area contributed by atoms with E-state index < -0.39 is 27.7 Å². The maximum Gasteiger partial charge on any atom is 0.419 e. The first kappa shape index (κ1) is 24.2. The maximum absolute atomic E-state index is 13.2. The molecule has 10 heteroatoms. The number of ether oxygens (including phenoxy) is 1. The number of aryl methyl sites for hydroxylation is 1. The van der Waals surface area contributed by atoms with Crippen LogP contribution in [-0.2, 0) is 34.8 Å². The molecule has 9 nitrogen and oxygen atoms in total. The summed E-state index contributed by atoms with van der Waals surface area (Å²) in [6.07, 6.45) is 0.146. The van der Waals surface area contributed by atoms with Crippen LogP contribution in [-0.4, -0.2) is 32.0 Å². The molecular weight excluding hydrogens is 470 g/mol. The van der Waals surface area contributed by atoms with Gasteiger partial charge in [-0.3, -0.25) is 9.36 Å². The molecule has 35 heavy (non-hydrogen) atoms. The highest BCUT2D eigenvalue weighted by Gasteiger charge is 2.27. The van der Waals surface area contributed by atoms with Crippen molar-refractivity contribution >= 4 is 27.0 Å². The maximum atomic E-state index is 13.2. The number of hydrogen-bond acceptors (Lipinski definition) is 6. The predicted molar refractivity (Wildman–Crippen MR) is 131 cm³/mol. The van der Waals surface area contributed by atoms with Gasteiger partial charge in [-0.25, -0.2) is 13.2 Å². The highest BCUT2D eigenvalue weighted by molar-refractivity contribution is 7.89. The van der Waals surface area contributed by atoms with Gasteiger partial charge in [0.15, 0.2) is 5.58 Å².